The van der Waals surface area contributed by atoms with E-state index in [2.05, 4.69) is 89.9 Å². The number of H-pyrrole nitrogens is 1. The van der Waals surface area contributed by atoms with Crippen molar-refractivity contribution in [3.8, 4) is 5.75 Å². The number of aromatic nitrogens is 1. The minimum absolute atomic E-state index is 0.242. The van der Waals surface area contributed by atoms with E-state index in [1.165, 1.54) is 5.56 Å². The number of nitrogens with one attached hydrogen (secondary N) is 1. The molecule has 6 rings (SSSR count). The number of aryl methyl sites for hydroxylation is 1. The normalized spacial score (nSPS) is 11.6. The molecule has 43 heavy (non-hydrogen) atoms. The predicted octanol–water partition coefficient (Wildman–Crippen LogP) is 9.46. The van der Waals surface area contributed by atoms with E-state index >= 15 is 0 Å². The molecular weight excluding hydrogens is 530 g/mol. The maximum absolute atomic E-state index is 12.2. The monoisotopic (exact) mass is 563 g/mol. The first-order chi connectivity index (χ1) is 21.2. The van der Waals surface area contributed by atoms with Crippen LogP contribution in [0.3, 0.4) is 0 Å². The van der Waals surface area contributed by atoms with Crippen molar-refractivity contribution in [2.45, 2.75) is 19.3 Å². The van der Waals surface area contributed by atoms with E-state index in [0.717, 1.165) is 56.1 Å². The third-order valence-electron chi connectivity index (χ3n) is 7.64. The van der Waals surface area contributed by atoms with Crippen molar-refractivity contribution in [1.29, 1.82) is 0 Å². The maximum Gasteiger partial charge on any atom is 0.352 e. The van der Waals surface area contributed by atoms with E-state index in [-0.39, 0.29) is 5.69 Å². The number of fused-ring (bicyclic) bond motifs is 2. The average Bonchev–Trinajstić information content (AvgIpc) is 3.42. The molecule has 1 aromatic heterocycles. The molecule has 0 saturated heterocycles. The smallest absolute Gasteiger partial charge is 0.352 e. The van der Waals surface area contributed by atoms with E-state index < -0.39 is 5.97 Å². The van der Waals surface area contributed by atoms with Crippen LogP contribution in [0.1, 0.15) is 44.7 Å². The van der Waals surface area contributed by atoms with Crippen molar-refractivity contribution >= 4 is 45.9 Å². The maximum atomic E-state index is 12.2. The van der Waals surface area contributed by atoms with E-state index in [4.69, 9.17) is 4.74 Å². The number of ether oxygens (including phenoxy) is 1. The zero-order valence-corrected chi connectivity index (χ0v) is 23.9. The summed E-state index contributed by atoms with van der Waals surface area (Å²) in [5, 5.41) is 13.2. The number of allylic oxidation sites excluding steroid dienone is 1. The van der Waals surface area contributed by atoms with Gasteiger partial charge in [-0.05, 0) is 64.6 Å². The Morgan fingerprint density at radius 3 is 2.33 bits per heavy atom. The fourth-order valence-electron chi connectivity index (χ4n) is 5.53. The molecule has 0 atom stereocenters. The highest BCUT2D eigenvalue weighted by Crippen LogP contribution is 2.29. The lowest BCUT2D eigenvalue weighted by atomic mass is 10.0. The molecule has 0 fully saturated rings. The molecule has 0 bridgehead atoms. The van der Waals surface area contributed by atoms with E-state index in [0.29, 0.717) is 19.4 Å². The fourth-order valence-corrected chi connectivity index (χ4v) is 5.53. The first kappa shape index (κ1) is 27.8. The van der Waals surface area contributed by atoms with Gasteiger partial charge in [-0.25, -0.2) is 4.79 Å². The lowest BCUT2D eigenvalue weighted by Gasteiger charge is -2.09. The number of hydrogen-bond acceptors (Lipinski definition) is 2. The third-order valence-corrected chi connectivity index (χ3v) is 7.64. The Kier molecular flexibility index (Phi) is 8.46. The van der Waals surface area contributed by atoms with Crippen LogP contribution in [0.5, 0.6) is 5.75 Å². The molecule has 0 aliphatic rings. The van der Waals surface area contributed by atoms with Gasteiger partial charge >= 0.3 is 5.97 Å². The molecule has 212 valence electrons. The summed E-state index contributed by atoms with van der Waals surface area (Å²) in [5.41, 5.74) is 6.33. The number of aromatic carboxylic acids is 1. The van der Waals surface area contributed by atoms with Crippen molar-refractivity contribution in [3.63, 3.8) is 0 Å². The summed E-state index contributed by atoms with van der Waals surface area (Å²) in [4.78, 5) is 15.4. The number of carbonyl (C=O) groups is 1. The first-order valence-electron chi connectivity index (χ1n) is 14.6. The third kappa shape index (κ3) is 6.60. The highest BCUT2D eigenvalue weighted by molar-refractivity contribution is 6.01. The topological polar surface area (TPSA) is 62.3 Å². The van der Waals surface area contributed by atoms with Crippen molar-refractivity contribution in [2.24, 2.45) is 0 Å². The quantitative estimate of drug-likeness (QED) is 0.122. The summed E-state index contributed by atoms with van der Waals surface area (Å²) >= 11 is 0. The van der Waals surface area contributed by atoms with E-state index in [9.17, 15) is 9.90 Å². The molecule has 0 saturated carbocycles. The second-order valence-corrected chi connectivity index (χ2v) is 10.6. The molecule has 0 spiro atoms. The van der Waals surface area contributed by atoms with E-state index in [1.54, 1.807) is 0 Å². The van der Waals surface area contributed by atoms with Crippen molar-refractivity contribution in [3.05, 3.63) is 155 Å². The van der Waals surface area contributed by atoms with Crippen LogP contribution in [0.15, 0.2) is 121 Å². The van der Waals surface area contributed by atoms with Gasteiger partial charge in [-0.2, -0.15) is 0 Å². The van der Waals surface area contributed by atoms with Crippen LogP contribution < -0.4 is 4.74 Å². The Morgan fingerprint density at radius 2 is 1.47 bits per heavy atom. The summed E-state index contributed by atoms with van der Waals surface area (Å²) in [6.45, 7) is 0.496. The SMILES string of the molecule is O=C(O)c1[nH]c2c(/C=C/c3cccc(/C=C/Cc4ccccc4)c3)cccc2c1CCCOc1cccc2ccccc12. The Balaban J connectivity index is 1.17. The summed E-state index contributed by atoms with van der Waals surface area (Å²) in [6.07, 6.45) is 10.6. The molecular formula is C39H33NO3. The number of hydrogen-bond donors (Lipinski definition) is 2. The van der Waals surface area contributed by atoms with Gasteiger partial charge in [0, 0.05) is 10.8 Å². The molecule has 4 nitrogen and oxygen atoms in total. The van der Waals surface area contributed by atoms with Crippen LogP contribution in [-0.4, -0.2) is 22.7 Å². The summed E-state index contributed by atoms with van der Waals surface area (Å²) in [7, 11) is 0. The Labute approximate surface area is 251 Å². The molecule has 0 unspecified atom stereocenters. The van der Waals surface area contributed by atoms with Gasteiger partial charge in [0.15, 0.2) is 0 Å². The van der Waals surface area contributed by atoms with Gasteiger partial charge in [-0.15, -0.1) is 0 Å². The van der Waals surface area contributed by atoms with Gasteiger partial charge < -0.3 is 14.8 Å². The molecule has 0 aliphatic carbocycles. The van der Waals surface area contributed by atoms with Crippen LogP contribution in [-0.2, 0) is 12.8 Å². The lowest BCUT2D eigenvalue weighted by molar-refractivity contribution is 0.0690. The Bertz CT molecular complexity index is 1930. The largest absolute Gasteiger partial charge is 0.493 e. The second kappa shape index (κ2) is 13.1. The highest BCUT2D eigenvalue weighted by Gasteiger charge is 2.18. The predicted molar refractivity (Wildman–Crippen MR) is 178 cm³/mol. The number of para-hydroxylation sites is 1. The number of aromatic amines is 1. The van der Waals surface area contributed by atoms with Gasteiger partial charge in [0.05, 0.1) is 12.1 Å². The average molecular weight is 564 g/mol. The number of carboxylic acid groups (broad SMARTS) is 1. The molecule has 5 aromatic carbocycles. The molecule has 0 radical (unpaired) electrons. The summed E-state index contributed by atoms with van der Waals surface area (Å²) < 4.78 is 6.12. The second-order valence-electron chi connectivity index (χ2n) is 10.6. The molecule has 4 heteroatoms. The summed E-state index contributed by atoms with van der Waals surface area (Å²) in [5.74, 6) is -0.107. The first-order valence-corrected chi connectivity index (χ1v) is 14.6. The molecule has 0 aliphatic heterocycles. The minimum atomic E-state index is -0.953. The standard InChI is InChI=1S/C39H33NO3/c41-39(42)38-35(22-10-26-43-36-23-9-18-31-17-4-5-20-33(31)36)34-21-8-19-32(37(34)40-38)25-24-30-16-7-15-29(27-30)14-6-13-28-11-2-1-3-12-28/h1-9,11-12,14-21,23-25,27,40H,10,13,22,26H2,(H,41,42)/b14-6+,25-24+. The van der Waals surface area contributed by atoms with Crippen molar-refractivity contribution in [1.82, 2.24) is 4.98 Å². The Hall–Kier alpha value is -5.35. The number of benzene rings is 5. The molecule has 0 amide bonds. The zero-order valence-electron chi connectivity index (χ0n) is 23.9. The molecule has 6 aromatic rings. The van der Waals surface area contributed by atoms with Crippen molar-refractivity contribution in [2.75, 3.05) is 6.61 Å². The Morgan fingerprint density at radius 1 is 0.744 bits per heavy atom. The number of carboxylic acids is 1. The highest BCUT2D eigenvalue weighted by atomic mass is 16.5. The van der Waals surface area contributed by atoms with Crippen LogP contribution in [0.2, 0.25) is 0 Å². The summed E-state index contributed by atoms with van der Waals surface area (Å²) in [6, 6.07) is 39.0. The van der Waals surface area contributed by atoms with Gasteiger partial charge in [-0.3, -0.25) is 0 Å². The zero-order chi connectivity index (χ0) is 29.4. The van der Waals surface area contributed by atoms with Crippen LogP contribution >= 0.6 is 0 Å². The van der Waals surface area contributed by atoms with Crippen LogP contribution in [0.25, 0.3) is 39.9 Å². The minimum Gasteiger partial charge on any atom is -0.493 e. The van der Waals surface area contributed by atoms with Crippen LogP contribution in [0.4, 0.5) is 0 Å². The fraction of sp³-hybridized carbons (Fsp3) is 0.103. The van der Waals surface area contributed by atoms with Gasteiger partial charge in [0.25, 0.3) is 0 Å². The van der Waals surface area contributed by atoms with Crippen molar-refractivity contribution < 1.29 is 14.6 Å². The lowest BCUT2D eigenvalue weighted by Crippen LogP contribution is -2.04. The van der Waals surface area contributed by atoms with Crippen LogP contribution in [0, 0.1) is 0 Å². The van der Waals surface area contributed by atoms with E-state index in [1.807, 2.05) is 54.6 Å². The number of rotatable bonds is 11. The van der Waals surface area contributed by atoms with Gasteiger partial charge in [0.2, 0.25) is 0 Å². The molecule has 1 heterocycles. The van der Waals surface area contributed by atoms with Gasteiger partial charge in [-0.1, -0.05) is 127 Å². The van der Waals surface area contributed by atoms with Gasteiger partial charge in [0.1, 0.15) is 11.4 Å². The molecule has 2 N–H and O–H groups in total.